The Morgan fingerprint density at radius 1 is 1.17 bits per heavy atom. The van der Waals surface area contributed by atoms with Crippen LogP contribution in [0.2, 0.25) is 0 Å². The van der Waals surface area contributed by atoms with Crippen LogP contribution in [0.1, 0.15) is 54.2 Å². The number of pyridine rings is 1. The van der Waals surface area contributed by atoms with Gasteiger partial charge >= 0.3 is 0 Å². The van der Waals surface area contributed by atoms with E-state index in [0.717, 1.165) is 35.9 Å². The third-order valence-electron chi connectivity index (χ3n) is 4.88. The number of methoxy groups -OCH3 is 1. The molecule has 1 heterocycles. The molecular weight excluding hydrogens is 378 g/mol. The number of nitrogens with zero attached hydrogens (tertiary/aromatic N) is 2. The number of para-hydroxylation sites is 1. The van der Waals surface area contributed by atoms with Crippen LogP contribution in [-0.2, 0) is 6.42 Å². The molecule has 0 saturated heterocycles. The second-order valence-electron chi connectivity index (χ2n) is 7.12. The molecule has 6 nitrogen and oxygen atoms in total. The summed E-state index contributed by atoms with van der Waals surface area (Å²) in [5.41, 5.74) is 5.58. The Hall–Kier alpha value is -3.41. The normalized spacial score (nSPS) is 11.1. The first-order valence-electron chi connectivity index (χ1n) is 10.2. The van der Waals surface area contributed by atoms with Crippen LogP contribution < -0.4 is 10.2 Å². The fourth-order valence-electron chi connectivity index (χ4n) is 3.28. The van der Waals surface area contributed by atoms with Gasteiger partial charge in [-0.15, -0.1) is 0 Å². The van der Waals surface area contributed by atoms with E-state index in [2.05, 4.69) is 17.5 Å². The Bertz CT molecular complexity index is 1050. The molecule has 0 aliphatic rings. The number of hydrogen-bond donors (Lipinski definition) is 2. The lowest BCUT2D eigenvalue weighted by molar-refractivity contribution is 0.0956. The van der Waals surface area contributed by atoms with Gasteiger partial charge < -0.3 is 9.84 Å². The van der Waals surface area contributed by atoms with Crippen molar-refractivity contribution in [2.75, 3.05) is 7.11 Å². The summed E-state index contributed by atoms with van der Waals surface area (Å²) < 4.78 is 5.09. The molecule has 0 spiro atoms. The zero-order valence-corrected chi connectivity index (χ0v) is 17.4. The van der Waals surface area contributed by atoms with Crippen LogP contribution in [0, 0.1) is 0 Å². The number of hydrazone groups is 1. The number of aromatic nitrogens is 1. The van der Waals surface area contributed by atoms with Gasteiger partial charge in [-0.25, -0.2) is 5.43 Å². The van der Waals surface area contributed by atoms with E-state index in [1.54, 1.807) is 12.1 Å². The molecule has 3 aromatic rings. The number of unbranched alkanes of at least 4 members (excludes halogenated alkanes) is 3. The van der Waals surface area contributed by atoms with Gasteiger partial charge in [0.2, 0.25) is 0 Å². The van der Waals surface area contributed by atoms with E-state index in [1.165, 1.54) is 32.2 Å². The molecule has 0 bridgehead atoms. The topological polar surface area (TPSA) is 83.8 Å². The van der Waals surface area contributed by atoms with Crippen molar-refractivity contribution in [1.82, 2.24) is 10.4 Å². The SMILES string of the molecule is CCCCCCc1cc(C(=O)N/N=C/c2ccc(O)c(OC)c2)c2ccccc2n1. The van der Waals surface area contributed by atoms with Crippen molar-refractivity contribution in [3.8, 4) is 11.5 Å². The first-order valence-corrected chi connectivity index (χ1v) is 10.2. The number of phenols is 1. The predicted octanol–water partition coefficient (Wildman–Crippen LogP) is 4.84. The van der Waals surface area contributed by atoms with Crippen LogP contribution in [0.4, 0.5) is 0 Å². The Morgan fingerprint density at radius 2 is 2.00 bits per heavy atom. The van der Waals surface area contributed by atoms with Gasteiger partial charge in [-0.2, -0.15) is 5.10 Å². The van der Waals surface area contributed by atoms with Crippen molar-refractivity contribution in [2.45, 2.75) is 39.0 Å². The number of fused-ring (bicyclic) bond motifs is 1. The van der Waals surface area contributed by atoms with Crippen molar-refractivity contribution < 1.29 is 14.6 Å². The van der Waals surface area contributed by atoms with E-state index in [4.69, 9.17) is 9.72 Å². The Morgan fingerprint density at radius 3 is 2.80 bits per heavy atom. The third-order valence-corrected chi connectivity index (χ3v) is 4.88. The summed E-state index contributed by atoms with van der Waals surface area (Å²) in [6.07, 6.45) is 6.96. The maximum absolute atomic E-state index is 12.8. The summed E-state index contributed by atoms with van der Waals surface area (Å²) in [5, 5.41) is 14.5. The van der Waals surface area contributed by atoms with Gasteiger partial charge in [0.1, 0.15) is 0 Å². The van der Waals surface area contributed by atoms with Crippen molar-refractivity contribution in [3.63, 3.8) is 0 Å². The van der Waals surface area contributed by atoms with Crippen LogP contribution in [0.3, 0.4) is 0 Å². The number of benzene rings is 2. The van der Waals surface area contributed by atoms with Gasteiger partial charge in [0.15, 0.2) is 11.5 Å². The molecule has 6 heteroatoms. The number of ether oxygens (including phenoxy) is 1. The molecule has 0 unspecified atom stereocenters. The Balaban J connectivity index is 1.77. The molecule has 0 radical (unpaired) electrons. The van der Waals surface area contributed by atoms with Crippen molar-refractivity contribution >= 4 is 23.0 Å². The number of amides is 1. The average Bonchev–Trinajstić information content (AvgIpc) is 2.77. The van der Waals surface area contributed by atoms with E-state index in [0.29, 0.717) is 16.9 Å². The van der Waals surface area contributed by atoms with Crippen molar-refractivity contribution in [3.05, 3.63) is 65.4 Å². The van der Waals surface area contributed by atoms with Crippen molar-refractivity contribution in [1.29, 1.82) is 0 Å². The first kappa shape index (κ1) is 21.3. The maximum atomic E-state index is 12.8. The molecule has 2 aromatic carbocycles. The molecule has 0 saturated carbocycles. The highest BCUT2D eigenvalue weighted by molar-refractivity contribution is 6.06. The second kappa shape index (κ2) is 10.4. The minimum atomic E-state index is -0.287. The molecule has 0 aliphatic carbocycles. The van der Waals surface area contributed by atoms with Gasteiger partial charge in [-0.1, -0.05) is 44.4 Å². The number of carbonyl (C=O) groups excluding carboxylic acids is 1. The van der Waals surface area contributed by atoms with Crippen LogP contribution in [-0.4, -0.2) is 29.3 Å². The standard InChI is InChI=1S/C24H27N3O3/c1-3-4-5-6-9-18-15-20(19-10-7-8-11-21(19)26-18)24(29)27-25-16-17-12-13-22(28)23(14-17)30-2/h7-8,10-16,28H,3-6,9H2,1-2H3,(H,27,29)/b25-16+. The molecule has 0 fully saturated rings. The number of phenolic OH excluding ortho intramolecular Hbond substituents is 1. The van der Waals surface area contributed by atoms with Gasteiger partial charge in [-0.05, 0) is 48.7 Å². The maximum Gasteiger partial charge on any atom is 0.272 e. The zero-order chi connectivity index (χ0) is 21.3. The summed E-state index contributed by atoms with van der Waals surface area (Å²) >= 11 is 0. The highest BCUT2D eigenvalue weighted by Crippen LogP contribution is 2.25. The van der Waals surface area contributed by atoms with Gasteiger partial charge in [0, 0.05) is 11.1 Å². The minimum Gasteiger partial charge on any atom is -0.504 e. The van der Waals surface area contributed by atoms with Gasteiger partial charge in [-0.3, -0.25) is 9.78 Å². The average molecular weight is 405 g/mol. The number of carbonyl (C=O) groups is 1. The summed E-state index contributed by atoms with van der Waals surface area (Å²) in [5.74, 6) is 0.108. The van der Waals surface area contributed by atoms with E-state index in [1.807, 2.05) is 30.3 Å². The van der Waals surface area contributed by atoms with Gasteiger partial charge in [0.25, 0.3) is 5.91 Å². The Kier molecular flexibility index (Phi) is 7.38. The highest BCUT2D eigenvalue weighted by atomic mass is 16.5. The molecule has 1 aromatic heterocycles. The molecule has 3 rings (SSSR count). The van der Waals surface area contributed by atoms with Crippen LogP contribution in [0.15, 0.2) is 53.6 Å². The monoisotopic (exact) mass is 405 g/mol. The van der Waals surface area contributed by atoms with Gasteiger partial charge in [0.05, 0.1) is 24.4 Å². The molecule has 0 aliphatic heterocycles. The first-order chi connectivity index (χ1) is 14.6. The highest BCUT2D eigenvalue weighted by Gasteiger charge is 2.12. The quantitative estimate of drug-likeness (QED) is 0.303. The lowest BCUT2D eigenvalue weighted by atomic mass is 10.0. The second-order valence-corrected chi connectivity index (χ2v) is 7.12. The summed E-state index contributed by atoms with van der Waals surface area (Å²) in [7, 11) is 1.48. The molecule has 0 atom stereocenters. The molecule has 30 heavy (non-hydrogen) atoms. The van der Waals surface area contributed by atoms with Crippen LogP contribution in [0.25, 0.3) is 10.9 Å². The number of hydrogen-bond acceptors (Lipinski definition) is 5. The lowest BCUT2D eigenvalue weighted by Gasteiger charge is -2.09. The van der Waals surface area contributed by atoms with Crippen LogP contribution in [0.5, 0.6) is 11.5 Å². The summed E-state index contributed by atoms with van der Waals surface area (Å²) in [6.45, 7) is 2.19. The van der Waals surface area contributed by atoms with E-state index in [-0.39, 0.29) is 11.7 Å². The summed E-state index contributed by atoms with van der Waals surface area (Å²) in [6, 6.07) is 14.3. The largest absolute Gasteiger partial charge is 0.504 e. The third kappa shape index (κ3) is 5.35. The predicted molar refractivity (Wildman–Crippen MR) is 119 cm³/mol. The number of aromatic hydroxyl groups is 1. The molecule has 1 amide bonds. The fraction of sp³-hybridized carbons (Fsp3) is 0.292. The molecule has 156 valence electrons. The van der Waals surface area contributed by atoms with Crippen LogP contribution >= 0.6 is 0 Å². The fourth-order valence-corrected chi connectivity index (χ4v) is 3.28. The van der Waals surface area contributed by atoms with E-state index in [9.17, 15) is 9.90 Å². The smallest absolute Gasteiger partial charge is 0.272 e. The summed E-state index contributed by atoms with van der Waals surface area (Å²) in [4.78, 5) is 17.6. The number of nitrogens with one attached hydrogen (secondary N) is 1. The lowest BCUT2D eigenvalue weighted by Crippen LogP contribution is -2.18. The number of aryl methyl sites for hydroxylation is 1. The van der Waals surface area contributed by atoms with Crippen molar-refractivity contribution in [2.24, 2.45) is 5.10 Å². The van der Waals surface area contributed by atoms with E-state index < -0.39 is 0 Å². The molecular formula is C24H27N3O3. The minimum absolute atomic E-state index is 0.0495. The number of rotatable bonds is 9. The Labute approximate surface area is 176 Å². The zero-order valence-electron chi connectivity index (χ0n) is 17.4. The molecule has 2 N–H and O–H groups in total. The van der Waals surface area contributed by atoms with E-state index >= 15 is 0 Å².